The summed E-state index contributed by atoms with van der Waals surface area (Å²) in [5.74, 6) is 0. The van der Waals surface area contributed by atoms with Crippen LogP contribution in [-0.4, -0.2) is 49.8 Å². The van der Waals surface area contributed by atoms with Gasteiger partial charge in [0.1, 0.15) is 0 Å². The van der Waals surface area contributed by atoms with Crippen molar-refractivity contribution in [3.8, 4) is 0 Å². The molecule has 2 fully saturated rings. The predicted molar refractivity (Wildman–Crippen MR) is 98.8 cm³/mol. The van der Waals surface area contributed by atoms with Gasteiger partial charge in [0.25, 0.3) is 0 Å². The Bertz CT molecular complexity index is 463. The van der Waals surface area contributed by atoms with Crippen LogP contribution in [0.25, 0.3) is 0 Å². The zero-order chi connectivity index (χ0) is 15.4. The first kappa shape index (κ1) is 19.0. The molecule has 1 aromatic carbocycles. The number of nitrogens with one attached hydrogen (secondary N) is 1. The first-order valence-electron chi connectivity index (χ1n) is 8.50. The fourth-order valence-electron chi connectivity index (χ4n) is 3.96. The van der Waals surface area contributed by atoms with Crippen molar-refractivity contribution < 1.29 is 4.74 Å². The van der Waals surface area contributed by atoms with E-state index in [0.717, 1.165) is 43.4 Å². The molecule has 1 aromatic rings. The van der Waals surface area contributed by atoms with E-state index in [0.29, 0.717) is 12.1 Å². The minimum Gasteiger partial charge on any atom is -0.381 e. The van der Waals surface area contributed by atoms with Gasteiger partial charge in [0.05, 0.1) is 6.10 Å². The Morgan fingerprint density at radius 3 is 2.52 bits per heavy atom. The van der Waals surface area contributed by atoms with Gasteiger partial charge in [-0.3, -0.25) is 4.90 Å². The summed E-state index contributed by atoms with van der Waals surface area (Å²) in [6.07, 6.45) is 6.36. The van der Waals surface area contributed by atoms with Crippen LogP contribution >= 0.6 is 24.0 Å². The molecule has 0 saturated carbocycles. The minimum atomic E-state index is 0. The second-order valence-electron chi connectivity index (χ2n) is 6.59. The summed E-state index contributed by atoms with van der Waals surface area (Å²) < 4.78 is 5.65. The highest BCUT2D eigenvalue weighted by Gasteiger charge is 2.33. The van der Waals surface area contributed by atoms with Crippen LogP contribution < -0.4 is 5.32 Å². The van der Waals surface area contributed by atoms with Crippen molar-refractivity contribution in [2.75, 3.05) is 26.7 Å². The molecular weight excluding hydrogens is 331 g/mol. The molecule has 0 aromatic heterocycles. The SMILES string of the molecule is CO[C@H]1CCN(C2CCNCC2)[C@@H](Cc2ccc(Cl)cc2)C1.Cl. The van der Waals surface area contributed by atoms with E-state index in [9.17, 15) is 0 Å². The van der Waals surface area contributed by atoms with Gasteiger partial charge in [-0.1, -0.05) is 23.7 Å². The number of hydrogen-bond donors (Lipinski definition) is 1. The lowest BCUT2D eigenvalue weighted by Crippen LogP contribution is -2.53. The molecule has 0 spiro atoms. The zero-order valence-corrected chi connectivity index (χ0v) is 15.4. The fourth-order valence-corrected chi connectivity index (χ4v) is 4.08. The first-order valence-corrected chi connectivity index (χ1v) is 8.88. The summed E-state index contributed by atoms with van der Waals surface area (Å²) in [7, 11) is 1.85. The van der Waals surface area contributed by atoms with Crippen molar-refractivity contribution in [2.45, 2.75) is 50.3 Å². The Labute approximate surface area is 151 Å². The van der Waals surface area contributed by atoms with Crippen LogP contribution in [-0.2, 0) is 11.2 Å². The maximum Gasteiger partial charge on any atom is 0.0598 e. The molecule has 0 amide bonds. The highest BCUT2D eigenvalue weighted by Crippen LogP contribution is 2.28. The zero-order valence-electron chi connectivity index (χ0n) is 13.8. The van der Waals surface area contributed by atoms with Gasteiger partial charge >= 0.3 is 0 Å². The van der Waals surface area contributed by atoms with Crippen LogP contribution in [0, 0.1) is 0 Å². The average Bonchev–Trinajstić information content (AvgIpc) is 2.57. The third-order valence-corrected chi connectivity index (χ3v) is 5.46. The molecule has 3 nitrogen and oxygen atoms in total. The summed E-state index contributed by atoms with van der Waals surface area (Å²) in [5, 5.41) is 4.30. The Morgan fingerprint density at radius 2 is 1.87 bits per heavy atom. The summed E-state index contributed by atoms with van der Waals surface area (Å²) in [4.78, 5) is 2.75. The number of halogens is 2. The van der Waals surface area contributed by atoms with Crippen molar-refractivity contribution in [2.24, 2.45) is 0 Å². The van der Waals surface area contributed by atoms with Crippen molar-refractivity contribution in [3.63, 3.8) is 0 Å². The van der Waals surface area contributed by atoms with E-state index in [2.05, 4.69) is 22.3 Å². The first-order chi connectivity index (χ1) is 10.8. The van der Waals surface area contributed by atoms with Gasteiger partial charge in [0, 0.05) is 30.8 Å². The lowest BCUT2D eigenvalue weighted by atomic mass is 9.90. The van der Waals surface area contributed by atoms with Gasteiger partial charge in [0.2, 0.25) is 0 Å². The third-order valence-electron chi connectivity index (χ3n) is 5.21. The number of benzene rings is 1. The van der Waals surface area contributed by atoms with E-state index < -0.39 is 0 Å². The smallest absolute Gasteiger partial charge is 0.0598 e. The summed E-state index contributed by atoms with van der Waals surface area (Å²) in [6.45, 7) is 3.48. The molecule has 2 aliphatic heterocycles. The van der Waals surface area contributed by atoms with Gasteiger partial charge < -0.3 is 10.1 Å². The van der Waals surface area contributed by atoms with E-state index >= 15 is 0 Å². The normalized spacial score (nSPS) is 26.7. The third kappa shape index (κ3) is 5.07. The fraction of sp³-hybridized carbons (Fsp3) is 0.667. The molecule has 2 heterocycles. The number of ether oxygens (including phenoxy) is 1. The number of hydrogen-bond acceptors (Lipinski definition) is 3. The standard InChI is InChI=1S/C18H27ClN2O.ClH/c1-22-18-8-11-21(16-6-9-20-10-7-16)17(13-18)12-14-2-4-15(19)5-3-14;/h2-5,16-18,20H,6-13H2,1H3;1H/t17-,18-;/m0./s1. The van der Waals surface area contributed by atoms with Gasteiger partial charge in [0.15, 0.2) is 0 Å². The van der Waals surface area contributed by atoms with E-state index in [1.54, 1.807) is 0 Å². The monoisotopic (exact) mass is 358 g/mol. The molecule has 1 N–H and O–H groups in total. The van der Waals surface area contributed by atoms with Gasteiger partial charge in [-0.2, -0.15) is 0 Å². The van der Waals surface area contributed by atoms with Crippen LogP contribution in [0.3, 0.4) is 0 Å². The quantitative estimate of drug-likeness (QED) is 0.890. The number of likely N-dealkylation sites (tertiary alicyclic amines) is 1. The molecule has 5 heteroatoms. The van der Waals surface area contributed by atoms with Gasteiger partial charge in [-0.25, -0.2) is 0 Å². The predicted octanol–water partition coefficient (Wildman–Crippen LogP) is 3.54. The van der Waals surface area contributed by atoms with E-state index in [1.165, 1.54) is 24.9 Å². The molecule has 23 heavy (non-hydrogen) atoms. The van der Waals surface area contributed by atoms with Gasteiger partial charge in [-0.05, 0) is 62.9 Å². The molecule has 2 saturated heterocycles. The molecule has 130 valence electrons. The van der Waals surface area contributed by atoms with Crippen molar-refractivity contribution >= 4 is 24.0 Å². The molecule has 0 bridgehead atoms. The van der Waals surface area contributed by atoms with Crippen LogP contribution in [0.15, 0.2) is 24.3 Å². The maximum absolute atomic E-state index is 6.01. The maximum atomic E-state index is 6.01. The topological polar surface area (TPSA) is 24.5 Å². The Kier molecular flexibility index (Phi) is 7.64. The van der Waals surface area contributed by atoms with Crippen LogP contribution in [0.5, 0.6) is 0 Å². The molecule has 3 rings (SSSR count). The van der Waals surface area contributed by atoms with Crippen molar-refractivity contribution in [1.29, 1.82) is 0 Å². The second kappa shape index (κ2) is 9.24. The number of rotatable bonds is 4. The van der Waals surface area contributed by atoms with E-state index in [-0.39, 0.29) is 12.4 Å². The summed E-state index contributed by atoms with van der Waals surface area (Å²) in [6, 6.07) is 9.66. The highest BCUT2D eigenvalue weighted by atomic mass is 35.5. The molecule has 2 aliphatic rings. The van der Waals surface area contributed by atoms with Crippen molar-refractivity contribution in [1.82, 2.24) is 10.2 Å². The Hall–Kier alpha value is -0.320. The number of nitrogens with zero attached hydrogens (tertiary/aromatic N) is 1. The van der Waals surface area contributed by atoms with Gasteiger partial charge in [-0.15, -0.1) is 12.4 Å². The molecule has 0 radical (unpaired) electrons. The largest absolute Gasteiger partial charge is 0.381 e. The lowest BCUT2D eigenvalue weighted by Gasteiger charge is -2.45. The Balaban J connectivity index is 0.00000192. The number of piperidine rings is 2. The number of methoxy groups -OCH3 is 1. The summed E-state index contributed by atoms with van der Waals surface area (Å²) >= 11 is 6.01. The molecule has 0 unspecified atom stereocenters. The van der Waals surface area contributed by atoms with Crippen molar-refractivity contribution in [3.05, 3.63) is 34.9 Å². The molecule has 2 atom stereocenters. The Morgan fingerprint density at radius 1 is 1.17 bits per heavy atom. The van der Waals surface area contributed by atoms with E-state index in [4.69, 9.17) is 16.3 Å². The average molecular weight is 359 g/mol. The minimum absolute atomic E-state index is 0. The van der Waals surface area contributed by atoms with Crippen LogP contribution in [0.1, 0.15) is 31.2 Å². The van der Waals surface area contributed by atoms with Crippen LogP contribution in [0.2, 0.25) is 5.02 Å². The van der Waals surface area contributed by atoms with Crippen LogP contribution in [0.4, 0.5) is 0 Å². The van der Waals surface area contributed by atoms with E-state index in [1.807, 2.05) is 19.2 Å². The highest BCUT2D eigenvalue weighted by molar-refractivity contribution is 6.30. The molecule has 0 aliphatic carbocycles. The second-order valence-corrected chi connectivity index (χ2v) is 7.02. The summed E-state index contributed by atoms with van der Waals surface area (Å²) in [5.41, 5.74) is 1.38. The molecular formula is C18H28Cl2N2O. The lowest BCUT2D eigenvalue weighted by molar-refractivity contribution is -0.0121.